The summed E-state index contributed by atoms with van der Waals surface area (Å²) in [6, 6.07) is 1.50. The normalized spacial score (nSPS) is 22.7. The zero-order valence-electron chi connectivity index (χ0n) is 13.0. The van der Waals surface area contributed by atoms with Crippen LogP contribution in [0, 0.1) is 5.92 Å². The van der Waals surface area contributed by atoms with Gasteiger partial charge in [-0.15, -0.1) is 0 Å². The second kappa shape index (κ2) is 8.92. The first-order valence-corrected chi connectivity index (χ1v) is 8.18. The van der Waals surface area contributed by atoms with Crippen molar-refractivity contribution in [2.45, 2.75) is 78.3 Å². The fraction of sp³-hybridized carbons (Fsp3) is 1.00. The predicted molar refractivity (Wildman–Crippen MR) is 81.0 cm³/mol. The molecule has 1 heterocycles. The van der Waals surface area contributed by atoms with Crippen LogP contribution < -0.4 is 5.32 Å². The molecule has 0 radical (unpaired) electrons. The smallest absolute Gasteiger partial charge is 0.00818 e. The van der Waals surface area contributed by atoms with Crippen molar-refractivity contribution in [1.29, 1.82) is 0 Å². The quantitative estimate of drug-likeness (QED) is 0.711. The molecule has 0 spiro atoms. The summed E-state index contributed by atoms with van der Waals surface area (Å²) in [7, 11) is 0. The Kier molecular flexibility index (Phi) is 7.92. The van der Waals surface area contributed by atoms with Gasteiger partial charge in [0.1, 0.15) is 0 Å². The Hall–Kier alpha value is -0.0800. The van der Waals surface area contributed by atoms with E-state index in [-0.39, 0.29) is 0 Å². The highest BCUT2D eigenvalue weighted by atomic mass is 15.1. The topological polar surface area (TPSA) is 15.3 Å². The van der Waals surface area contributed by atoms with Crippen LogP contribution in [0.5, 0.6) is 0 Å². The zero-order chi connectivity index (χ0) is 13.4. The minimum absolute atomic E-state index is 0.728. The van der Waals surface area contributed by atoms with Gasteiger partial charge in [0.2, 0.25) is 0 Å². The highest BCUT2D eigenvalue weighted by Gasteiger charge is 2.20. The molecule has 2 nitrogen and oxygen atoms in total. The van der Waals surface area contributed by atoms with Gasteiger partial charge in [-0.1, -0.05) is 40.0 Å². The standard InChI is InChI=1S/C16H34N2/c1-5-15(6-2)13-18(7-3)14(4)12-16-10-8-9-11-17-16/h14-17H,5-13H2,1-4H3. The highest BCUT2D eigenvalue weighted by molar-refractivity contribution is 4.79. The molecule has 1 saturated heterocycles. The van der Waals surface area contributed by atoms with Crippen molar-refractivity contribution < 1.29 is 0 Å². The van der Waals surface area contributed by atoms with Crippen LogP contribution in [-0.4, -0.2) is 36.6 Å². The maximum absolute atomic E-state index is 3.68. The second-order valence-corrected chi connectivity index (χ2v) is 6.00. The van der Waals surface area contributed by atoms with E-state index < -0.39 is 0 Å². The Morgan fingerprint density at radius 1 is 1.17 bits per heavy atom. The molecule has 0 bridgehead atoms. The molecule has 108 valence electrons. The molecule has 2 heteroatoms. The summed E-state index contributed by atoms with van der Waals surface area (Å²) in [6.07, 6.45) is 8.14. The Labute approximate surface area is 115 Å². The summed E-state index contributed by atoms with van der Waals surface area (Å²) < 4.78 is 0. The van der Waals surface area contributed by atoms with Crippen molar-refractivity contribution in [3.8, 4) is 0 Å². The Morgan fingerprint density at radius 3 is 2.39 bits per heavy atom. The fourth-order valence-corrected chi connectivity index (χ4v) is 3.19. The first kappa shape index (κ1) is 16.0. The SMILES string of the molecule is CCC(CC)CN(CC)C(C)CC1CCCCN1. The molecule has 2 unspecified atom stereocenters. The first-order chi connectivity index (χ1) is 8.71. The molecule has 2 atom stereocenters. The average Bonchev–Trinajstić information content (AvgIpc) is 2.41. The summed E-state index contributed by atoms with van der Waals surface area (Å²) in [5, 5.41) is 3.68. The largest absolute Gasteiger partial charge is 0.314 e. The van der Waals surface area contributed by atoms with E-state index in [0.717, 1.165) is 18.0 Å². The third-order valence-electron chi connectivity index (χ3n) is 4.71. The van der Waals surface area contributed by atoms with Gasteiger partial charge in [-0.2, -0.15) is 0 Å². The van der Waals surface area contributed by atoms with E-state index in [0.29, 0.717) is 0 Å². The Balaban J connectivity index is 2.37. The molecule has 0 aliphatic carbocycles. The number of nitrogens with zero attached hydrogens (tertiary/aromatic N) is 1. The van der Waals surface area contributed by atoms with E-state index in [1.165, 1.54) is 58.2 Å². The lowest BCUT2D eigenvalue weighted by molar-refractivity contribution is 0.158. The lowest BCUT2D eigenvalue weighted by atomic mass is 9.96. The maximum Gasteiger partial charge on any atom is 0.00818 e. The van der Waals surface area contributed by atoms with E-state index in [1.54, 1.807) is 0 Å². The molecule has 0 saturated carbocycles. The number of rotatable bonds is 8. The molecule has 1 N–H and O–H groups in total. The fourth-order valence-electron chi connectivity index (χ4n) is 3.19. The van der Waals surface area contributed by atoms with Gasteiger partial charge in [0.05, 0.1) is 0 Å². The Bertz CT molecular complexity index is 195. The molecule has 0 aromatic heterocycles. The molecule has 1 rings (SSSR count). The molecule has 18 heavy (non-hydrogen) atoms. The van der Waals surface area contributed by atoms with Crippen LogP contribution in [0.25, 0.3) is 0 Å². The van der Waals surface area contributed by atoms with E-state index in [4.69, 9.17) is 0 Å². The minimum atomic E-state index is 0.728. The summed E-state index contributed by atoms with van der Waals surface area (Å²) in [6.45, 7) is 13.1. The molecule has 0 aromatic carbocycles. The van der Waals surface area contributed by atoms with Gasteiger partial charge in [-0.3, -0.25) is 0 Å². The number of hydrogen-bond acceptors (Lipinski definition) is 2. The van der Waals surface area contributed by atoms with Gasteiger partial charge in [0.25, 0.3) is 0 Å². The maximum atomic E-state index is 3.68. The van der Waals surface area contributed by atoms with E-state index in [1.807, 2.05) is 0 Å². The lowest BCUT2D eigenvalue weighted by Gasteiger charge is -2.34. The molecule has 1 aliphatic heterocycles. The van der Waals surface area contributed by atoms with Gasteiger partial charge in [-0.25, -0.2) is 0 Å². The average molecular weight is 254 g/mol. The van der Waals surface area contributed by atoms with Gasteiger partial charge >= 0.3 is 0 Å². The zero-order valence-corrected chi connectivity index (χ0v) is 13.0. The van der Waals surface area contributed by atoms with Crippen molar-refractivity contribution in [2.75, 3.05) is 19.6 Å². The molecule has 1 fully saturated rings. The van der Waals surface area contributed by atoms with Gasteiger partial charge < -0.3 is 10.2 Å². The van der Waals surface area contributed by atoms with Crippen LogP contribution in [-0.2, 0) is 0 Å². The molecular formula is C16H34N2. The predicted octanol–water partition coefficient (Wildman–Crippen LogP) is 3.67. The summed E-state index contributed by atoms with van der Waals surface area (Å²) in [4.78, 5) is 2.69. The van der Waals surface area contributed by atoms with Crippen molar-refractivity contribution in [2.24, 2.45) is 5.92 Å². The van der Waals surface area contributed by atoms with Crippen LogP contribution in [0.3, 0.4) is 0 Å². The number of hydrogen-bond donors (Lipinski definition) is 1. The van der Waals surface area contributed by atoms with Crippen molar-refractivity contribution in [3.63, 3.8) is 0 Å². The van der Waals surface area contributed by atoms with Crippen molar-refractivity contribution in [1.82, 2.24) is 10.2 Å². The third kappa shape index (κ3) is 5.27. The minimum Gasteiger partial charge on any atom is -0.314 e. The highest BCUT2D eigenvalue weighted by Crippen LogP contribution is 2.17. The summed E-state index contributed by atoms with van der Waals surface area (Å²) >= 11 is 0. The summed E-state index contributed by atoms with van der Waals surface area (Å²) in [5.41, 5.74) is 0. The van der Waals surface area contributed by atoms with Gasteiger partial charge in [0.15, 0.2) is 0 Å². The van der Waals surface area contributed by atoms with Crippen LogP contribution >= 0.6 is 0 Å². The third-order valence-corrected chi connectivity index (χ3v) is 4.71. The first-order valence-electron chi connectivity index (χ1n) is 8.18. The van der Waals surface area contributed by atoms with Crippen LogP contribution in [0.15, 0.2) is 0 Å². The number of nitrogens with one attached hydrogen (secondary N) is 1. The lowest BCUT2D eigenvalue weighted by Crippen LogP contribution is -2.43. The van der Waals surface area contributed by atoms with Crippen LogP contribution in [0.1, 0.15) is 66.2 Å². The molecule has 1 aliphatic rings. The van der Waals surface area contributed by atoms with Gasteiger partial charge in [0, 0.05) is 18.6 Å². The summed E-state index contributed by atoms with van der Waals surface area (Å²) in [5.74, 6) is 0.881. The van der Waals surface area contributed by atoms with Crippen molar-refractivity contribution >= 4 is 0 Å². The van der Waals surface area contributed by atoms with Crippen molar-refractivity contribution in [3.05, 3.63) is 0 Å². The van der Waals surface area contributed by atoms with Crippen LogP contribution in [0.2, 0.25) is 0 Å². The Morgan fingerprint density at radius 2 is 1.89 bits per heavy atom. The van der Waals surface area contributed by atoms with E-state index in [2.05, 4.69) is 37.9 Å². The van der Waals surface area contributed by atoms with E-state index >= 15 is 0 Å². The van der Waals surface area contributed by atoms with Gasteiger partial charge in [-0.05, 0) is 45.2 Å². The molecule has 0 aromatic rings. The van der Waals surface area contributed by atoms with Crippen LogP contribution in [0.4, 0.5) is 0 Å². The van der Waals surface area contributed by atoms with E-state index in [9.17, 15) is 0 Å². The monoisotopic (exact) mass is 254 g/mol. The number of piperidine rings is 1. The second-order valence-electron chi connectivity index (χ2n) is 6.00. The molecule has 0 amide bonds. The molecular weight excluding hydrogens is 220 g/mol.